The van der Waals surface area contributed by atoms with Crippen molar-refractivity contribution in [1.29, 1.82) is 0 Å². The lowest BCUT2D eigenvalue weighted by atomic mass is 9.97. The average Bonchev–Trinajstić information content (AvgIpc) is 2.58. The Morgan fingerprint density at radius 1 is 0.947 bits per heavy atom. The Morgan fingerprint density at radius 3 is 2.37 bits per heavy atom. The van der Waals surface area contributed by atoms with Crippen LogP contribution in [0.2, 0.25) is 0 Å². The summed E-state index contributed by atoms with van der Waals surface area (Å²) in [6.45, 7) is 6.11. The topological polar surface area (TPSA) is 3.88 Å². The van der Waals surface area contributed by atoms with Crippen LogP contribution in [0.4, 0.5) is 0 Å². The number of aromatic nitrogens is 1. The summed E-state index contributed by atoms with van der Waals surface area (Å²) in [5, 5.41) is 0. The molecule has 0 atom stereocenters. The monoisotopic (exact) mass is 256 g/mol. The molecular formula is C18H22N+. The highest BCUT2D eigenvalue weighted by molar-refractivity contribution is 5.64. The minimum absolute atomic E-state index is 0.114. The summed E-state index contributed by atoms with van der Waals surface area (Å²) in [4.78, 5) is 0. The Labute approximate surface area is 121 Å². The molecule has 98 valence electrons. The molecule has 2 aromatic rings. The summed E-state index contributed by atoms with van der Waals surface area (Å²) < 4.78 is 34.7. The fourth-order valence-corrected chi connectivity index (χ4v) is 2.66. The molecule has 0 unspecified atom stereocenters. The molecule has 1 heteroatoms. The summed E-state index contributed by atoms with van der Waals surface area (Å²) >= 11 is 0. The van der Waals surface area contributed by atoms with Crippen LogP contribution in [0, 0.1) is 20.8 Å². The van der Waals surface area contributed by atoms with Crippen molar-refractivity contribution in [2.75, 3.05) is 0 Å². The van der Waals surface area contributed by atoms with Gasteiger partial charge in [-0.05, 0) is 68.3 Å². The van der Waals surface area contributed by atoms with E-state index in [2.05, 4.69) is 30.7 Å². The summed E-state index contributed by atoms with van der Waals surface area (Å²) in [6.07, 6.45) is -1.27. The van der Waals surface area contributed by atoms with Crippen LogP contribution in [0.5, 0.6) is 0 Å². The van der Waals surface area contributed by atoms with Crippen molar-refractivity contribution in [2.45, 2.75) is 39.9 Å². The lowest BCUT2D eigenvalue weighted by molar-refractivity contribution is -0.660. The lowest BCUT2D eigenvalue weighted by Gasteiger charge is -2.09. The minimum Gasteiger partial charge on any atom is -0.201 e. The van der Waals surface area contributed by atoms with Crippen molar-refractivity contribution in [1.82, 2.24) is 0 Å². The van der Waals surface area contributed by atoms with Crippen molar-refractivity contribution in [3.8, 4) is 11.3 Å². The van der Waals surface area contributed by atoms with E-state index in [1.54, 1.807) is 0 Å². The normalized spacial score (nSPS) is 22.1. The van der Waals surface area contributed by atoms with E-state index in [1.807, 2.05) is 26.1 Å². The van der Waals surface area contributed by atoms with Crippen LogP contribution in [0.1, 0.15) is 39.7 Å². The van der Waals surface area contributed by atoms with Gasteiger partial charge in [0.25, 0.3) is 0 Å². The summed E-state index contributed by atoms with van der Waals surface area (Å²) in [5.41, 5.74) is 6.35. The molecule has 0 saturated heterocycles. The molecule has 3 rings (SSSR count). The summed E-state index contributed by atoms with van der Waals surface area (Å²) in [6, 6.07) is 5.79. The fraction of sp³-hybridized carbons (Fsp3) is 0.389. The molecule has 0 fully saturated rings. The van der Waals surface area contributed by atoms with Gasteiger partial charge >= 0.3 is 0 Å². The van der Waals surface area contributed by atoms with E-state index < -0.39 is 12.7 Å². The maximum absolute atomic E-state index is 8.20. The third-order valence-electron chi connectivity index (χ3n) is 3.94. The molecular weight excluding hydrogens is 230 g/mol. The van der Waals surface area contributed by atoms with Crippen LogP contribution in [-0.2, 0) is 19.8 Å². The van der Waals surface area contributed by atoms with E-state index in [0.717, 1.165) is 16.8 Å². The second-order valence-corrected chi connectivity index (χ2v) is 5.38. The number of hydrogen-bond acceptors (Lipinski definition) is 0. The van der Waals surface area contributed by atoms with Gasteiger partial charge in [-0.3, -0.25) is 0 Å². The molecule has 1 nitrogen and oxygen atoms in total. The first-order chi connectivity index (χ1) is 10.5. The summed E-state index contributed by atoms with van der Waals surface area (Å²) in [7, 11) is 1.99. The quantitative estimate of drug-likeness (QED) is 0.687. The standard InChI is InChI=1S/C18H22N/c1-12-9-18(19(4)11-14(12)3)17-10-16-7-5-6-15(16)8-13(17)2/h8-11H,5-7H2,1-4H3/q+1/i6D2,7D2. The molecule has 0 radical (unpaired) electrons. The Kier molecular flexibility index (Phi) is 2.01. The van der Waals surface area contributed by atoms with Gasteiger partial charge in [0.1, 0.15) is 7.05 Å². The van der Waals surface area contributed by atoms with Crippen LogP contribution in [0.25, 0.3) is 11.3 Å². The maximum atomic E-state index is 8.20. The van der Waals surface area contributed by atoms with Crippen molar-refractivity contribution in [2.24, 2.45) is 7.05 Å². The zero-order valence-electron chi connectivity index (χ0n) is 16.0. The highest BCUT2D eigenvalue weighted by Crippen LogP contribution is 2.30. The number of nitrogens with zero attached hydrogens (tertiary/aromatic N) is 1. The fourth-order valence-electron chi connectivity index (χ4n) is 2.66. The first-order valence-electron chi connectivity index (χ1n) is 8.66. The highest BCUT2D eigenvalue weighted by atomic mass is 14.9. The SMILES string of the molecule is [2H]C1([2H])CC([2H])([2H])c2cc(-c3cc(C)c(C)c[n+]3C)c(C)cc21. The predicted molar refractivity (Wildman–Crippen MR) is 79.3 cm³/mol. The van der Waals surface area contributed by atoms with Crippen LogP contribution in [-0.4, -0.2) is 0 Å². The smallest absolute Gasteiger partial charge is 0.201 e. The van der Waals surface area contributed by atoms with Crippen LogP contribution < -0.4 is 4.57 Å². The largest absolute Gasteiger partial charge is 0.212 e. The third kappa shape index (κ3) is 2.07. The molecule has 0 spiro atoms. The molecule has 0 saturated carbocycles. The van der Waals surface area contributed by atoms with Crippen molar-refractivity contribution in [3.05, 3.63) is 52.2 Å². The first-order valence-corrected chi connectivity index (χ1v) is 6.66. The van der Waals surface area contributed by atoms with Crippen molar-refractivity contribution >= 4 is 0 Å². The van der Waals surface area contributed by atoms with Gasteiger partial charge in [-0.1, -0.05) is 6.07 Å². The number of fused-ring (bicyclic) bond motifs is 1. The van der Waals surface area contributed by atoms with Crippen molar-refractivity contribution in [3.63, 3.8) is 0 Å². The highest BCUT2D eigenvalue weighted by Gasteiger charge is 2.18. The van der Waals surface area contributed by atoms with Gasteiger partial charge in [-0.25, -0.2) is 4.57 Å². The molecule has 1 aromatic carbocycles. The van der Waals surface area contributed by atoms with E-state index in [4.69, 9.17) is 5.48 Å². The molecule has 1 aliphatic rings. The van der Waals surface area contributed by atoms with Gasteiger partial charge in [0.05, 0.1) is 0 Å². The number of rotatable bonds is 1. The molecule has 1 aliphatic carbocycles. The predicted octanol–water partition coefficient (Wildman–Crippen LogP) is 3.59. The number of pyridine rings is 1. The van der Waals surface area contributed by atoms with Gasteiger partial charge in [0, 0.05) is 22.7 Å². The maximum Gasteiger partial charge on any atom is 0.212 e. The molecule has 1 aromatic heterocycles. The lowest BCUT2D eigenvalue weighted by Crippen LogP contribution is -2.31. The van der Waals surface area contributed by atoms with E-state index in [-0.39, 0.29) is 6.42 Å². The van der Waals surface area contributed by atoms with Crippen molar-refractivity contribution < 1.29 is 10.1 Å². The van der Waals surface area contributed by atoms with E-state index >= 15 is 0 Å². The molecule has 0 bridgehead atoms. The van der Waals surface area contributed by atoms with Crippen LogP contribution in [0.3, 0.4) is 0 Å². The molecule has 0 N–H and O–H groups in total. The average molecular weight is 256 g/mol. The second-order valence-electron chi connectivity index (χ2n) is 5.38. The number of hydrogen-bond donors (Lipinski definition) is 0. The second kappa shape index (κ2) is 4.48. The summed E-state index contributed by atoms with van der Waals surface area (Å²) in [5.74, 6) is 0. The Balaban J connectivity index is 2.27. The van der Waals surface area contributed by atoms with Gasteiger partial charge in [0.15, 0.2) is 6.20 Å². The third-order valence-corrected chi connectivity index (χ3v) is 3.94. The minimum atomic E-state index is -1.63. The molecule has 19 heavy (non-hydrogen) atoms. The first kappa shape index (κ1) is 8.52. The van der Waals surface area contributed by atoms with Gasteiger partial charge < -0.3 is 0 Å². The van der Waals surface area contributed by atoms with E-state index in [0.29, 0.717) is 11.1 Å². The van der Waals surface area contributed by atoms with Gasteiger partial charge in [-0.15, -0.1) is 0 Å². The number of benzene rings is 1. The van der Waals surface area contributed by atoms with Crippen LogP contribution >= 0.6 is 0 Å². The Bertz CT molecular complexity index is 809. The van der Waals surface area contributed by atoms with Crippen LogP contribution in [0.15, 0.2) is 24.4 Å². The molecule has 0 amide bonds. The Hall–Kier alpha value is -1.63. The Morgan fingerprint density at radius 2 is 1.63 bits per heavy atom. The zero-order valence-corrected chi connectivity index (χ0v) is 12.0. The zero-order chi connectivity index (χ0) is 17.2. The van der Waals surface area contributed by atoms with Gasteiger partial charge in [-0.2, -0.15) is 0 Å². The molecule has 0 aliphatic heterocycles. The number of aryl methyl sites for hydroxylation is 6. The van der Waals surface area contributed by atoms with E-state index in [9.17, 15) is 0 Å². The van der Waals surface area contributed by atoms with E-state index in [1.165, 1.54) is 11.1 Å². The molecule has 1 heterocycles. The van der Waals surface area contributed by atoms with Gasteiger partial charge in [0.2, 0.25) is 5.69 Å².